The number of nitrogens with one attached hydrogen (secondary N) is 1. The number of pyridine rings is 1. The number of benzene rings is 1. The Morgan fingerprint density at radius 3 is 2.54 bits per heavy atom. The van der Waals surface area contributed by atoms with Crippen LogP contribution in [0.4, 0.5) is 11.5 Å². The number of hydrogen-bond acceptors (Lipinski definition) is 5. The van der Waals surface area contributed by atoms with Crippen molar-refractivity contribution in [1.29, 1.82) is 0 Å². The number of rotatable bonds is 7. The number of anilines is 2. The molecule has 2 heterocycles. The van der Waals surface area contributed by atoms with Crippen LogP contribution >= 0.6 is 0 Å². The molecule has 2 aromatic heterocycles. The minimum atomic E-state index is -0.141. The monoisotopic (exact) mass is 375 g/mol. The van der Waals surface area contributed by atoms with Crippen molar-refractivity contribution in [2.75, 3.05) is 18.9 Å². The highest BCUT2D eigenvalue weighted by atomic mass is 16.2. The SMILES string of the molecule is CCc1cccc(C)c1Nc1ccc(C(=O)N(C)CCc2ccncc2)nn1. The van der Waals surface area contributed by atoms with Gasteiger partial charge >= 0.3 is 0 Å². The number of nitrogens with zero attached hydrogens (tertiary/aromatic N) is 4. The predicted octanol–water partition coefficient (Wildman–Crippen LogP) is 3.80. The van der Waals surface area contributed by atoms with Gasteiger partial charge in [-0.1, -0.05) is 25.1 Å². The minimum Gasteiger partial charge on any atom is -0.340 e. The first-order valence-electron chi connectivity index (χ1n) is 9.42. The van der Waals surface area contributed by atoms with E-state index in [1.54, 1.807) is 36.5 Å². The van der Waals surface area contributed by atoms with Gasteiger partial charge in [0.05, 0.1) is 0 Å². The maximum absolute atomic E-state index is 12.6. The first-order valence-corrected chi connectivity index (χ1v) is 9.42. The Hall–Kier alpha value is -3.28. The molecule has 1 amide bonds. The number of carbonyl (C=O) groups excluding carboxylic acids is 1. The van der Waals surface area contributed by atoms with Gasteiger partial charge in [0.2, 0.25) is 0 Å². The quantitative estimate of drug-likeness (QED) is 0.680. The number of amides is 1. The Bertz CT molecular complexity index is 925. The molecule has 6 heteroatoms. The molecule has 28 heavy (non-hydrogen) atoms. The number of aryl methyl sites for hydroxylation is 2. The molecule has 0 atom stereocenters. The summed E-state index contributed by atoms with van der Waals surface area (Å²) in [6.45, 7) is 4.79. The smallest absolute Gasteiger partial charge is 0.274 e. The standard InChI is InChI=1S/C22H25N5O/c1-4-18-7-5-6-16(2)21(18)24-20-9-8-19(25-26-20)22(28)27(3)15-12-17-10-13-23-14-11-17/h5-11,13-14H,4,12,15H2,1-3H3,(H,24,26). The summed E-state index contributed by atoms with van der Waals surface area (Å²) in [5, 5.41) is 11.6. The van der Waals surface area contributed by atoms with Crippen molar-refractivity contribution in [2.45, 2.75) is 26.7 Å². The first kappa shape index (κ1) is 19.5. The zero-order valence-electron chi connectivity index (χ0n) is 16.5. The fourth-order valence-corrected chi connectivity index (χ4v) is 2.99. The number of para-hydroxylation sites is 1. The van der Waals surface area contributed by atoms with Crippen molar-refractivity contribution in [3.63, 3.8) is 0 Å². The lowest BCUT2D eigenvalue weighted by Crippen LogP contribution is -2.29. The van der Waals surface area contributed by atoms with Crippen LogP contribution in [0.1, 0.15) is 34.1 Å². The molecular formula is C22H25N5O. The molecule has 3 rings (SSSR count). The van der Waals surface area contributed by atoms with Crippen LogP contribution in [0.3, 0.4) is 0 Å². The van der Waals surface area contributed by atoms with Crippen LogP contribution in [0.25, 0.3) is 0 Å². The highest BCUT2D eigenvalue weighted by molar-refractivity contribution is 5.92. The van der Waals surface area contributed by atoms with Gasteiger partial charge in [-0.2, -0.15) is 0 Å². The van der Waals surface area contributed by atoms with Gasteiger partial charge in [-0.3, -0.25) is 9.78 Å². The molecule has 0 aliphatic rings. The second-order valence-electron chi connectivity index (χ2n) is 6.72. The van der Waals surface area contributed by atoms with E-state index in [9.17, 15) is 4.79 Å². The Morgan fingerprint density at radius 2 is 1.86 bits per heavy atom. The van der Waals surface area contributed by atoms with E-state index < -0.39 is 0 Å². The van der Waals surface area contributed by atoms with Crippen molar-refractivity contribution in [2.24, 2.45) is 0 Å². The highest BCUT2D eigenvalue weighted by Crippen LogP contribution is 2.24. The molecule has 0 spiro atoms. The molecule has 144 valence electrons. The van der Waals surface area contributed by atoms with E-state index in [1.807, 2.05) is 12.1 Å². The number of hydrogen-bond donors (Lipinski definition) is 1. The maximum atomic E-state index is 12.6. The van der Waals surface area contributed by atoms with Crippen LogP contribution in [-0.4, -0.2) is 39.6 Å². The average molecular weight is 375 g/mol. The van der Waals surface area contributed by atoms with Crippen LogP contribution in [-0.2, 0) is 12.8 Å². The first-order chi connectivity index (χ1) is 13.6. The van der Waals surface area contributed by atoms with E-state index in [0.29, 0.717) is 18.1 Å². The number of carbonyl (C=O) groups is 1. The Kier molecular flexibility index (Phi) is 6.32. The lowest BCUT2D eigenvalue weighted by molar-refractivity contribution is 0.0789. The van der Waals surface area contributed by atoms with Gasteiger partial charge in [-0.25, -0.2) is 0 Å². The van der Waals surface area contributed by atoms with Gasteiger partial charge in [0.1, 0.15) is 0 Å². The molecule has 0 aliphatic carbocycles. The molecule has 0 saturated carbocycles. The average Bonchev–Trinajstić information content (AvgIpc) is 2.74. The number of aromatic nitrogens is 3. The summed E-state index contributed by atoms with van der Waals surface area (Å²) < 4.78 is 0. The summed E-state index contributed by atoms with van der Waals surface area (Å²) in [6, 6.07) is 13.6. The molecule has 0 fully saturated rings. The Balaban J connectivity index is 1.64. The van der Waals surface area contributed by atoms with Crippen molar-refractivity contribution in [1.82, 2.24) is 20.1 Å². The van der Waals surface area contributed by atoms with Crippen LogP contribution in [0.2, 0.25) is 0 Å². The lowest BCUT2D eigenvalue weighted by atomic mass is 10.1. The van der Waals surface area contributed by atoms with Crippen LogP contribution in [0.15, 0.2) is 54.9 Å². The predicted molar refractivity (Wildman–Crippen MR) is 111 cm³/mol. The van der Waals surface area contributed by atoms with Crippen molar-refractivity contribution in [3.05, 3.63) is 77.2 Å². The summed E-state index contributed by atoms with van der Waals surface area (Å²) in [4.78, 5) is 18.2. The fourth-order valence-electron chi connectivity index (χ4n) is 2.99. The summed E-state index contributed by atoms with van der Waals surface area (Å²) in [5.74, 6) is 0.484. The van der Waals surface area contributed by atoms with E-state index in [1.165, 1.54) is 5.56 Å². The summed E-state index contributed by atoms with van der Waals surface area (Å²) >= 11 is 0. The third kappa shape index (κ3) is 4.71. The molecule has 6 nitrogen and oxygen atoms in total. The summed E-state index contributed by atoms with van der Waals surface area (Å²) in [7, 11) is 1.78. The molecule has 0 radical (unpaired) electrons. The lowest BCUT2D eigenvalue weighted by Gasteiger charge is -2.17. The molecule has 0 unspecified atom stereocenters. The van der Waals surface area contributed by atoms with E-state index in [2.05, 4.69) is 52.5 Å². The van der Waals surface area contributed by atoms with Crippen LogP contribution < -0.4 is 5.32 Å². The van der Waals surface area contributed by atoms with Gasteiger partial charge in [0.15, 0.2) is 11.5 Å². The Morgan fingerprint density at radius 1 is 1.07 bits per heavy atom. The zero-order valence-corrected chi connectivity index (χ0v) is 16.5. The van der Waals surface area contributed by atoms with E-state index >= 15 is 0 Å². The van der Waals surface area contributed by atoms with Gasteiger partial charge in [0.25, 0.3) is 5.91 Å². The largest absolute Gasteiger partial charge is 0.340 e. The molecule has 0 saturated heterocycles. The second-order valence-corrected chi connectivity index (χ2v) is 6.72. The van der Waals surface area contributed by atoms with E-state index in [0.717, 1.165) is 29.7 Å². The summed E-state index contributed by atoms with van der Waals surface area (Å²) in [6.07, 6.45) is 5.21. The molecule has 1 N–H and O–H groups in total. The van der Waals surface area contributed by atoms with Crippen LogP contribution in [0, 0.1) is 6.92 Å². The third-order valence-electron chi connectivity index (χ3n) is 4.71. The van der Waals surface area contributed by atoms with Gasteiger partial charge in [0, 0.05) is 31.7 Å². The maximum Gasteiger partial charge on any atom is 0.274 e. The molecule has 0 aliphatic heterocycles. The van der Waals surface area contributed by atoms with E-state index in [-0.39, 0.29) is 5.91 Å². The minimum absolute atomic E-state index is 0.141. The van der Waals surface area contributed by atoms with Crippen LogP contribution in [0.5, 0.6) is 0 Å². The fraction of sp³-hybridized carbons (Fsp3) is 0.273. The second kappa shape index (κ2) is 9.08. The Labute approximate surface area is 165 Å². The van der Waals surface area contributed by atoms with Gasteiger partial charge < -0.3 is 10.2 Å². The van der Waals surface area contributed by atoms with E-state index in [4.69, 9.17) is 0 Å². The third-order valence-corrected chi connectivity index (χ3v) is 4.71. The topological polar surface area (TPSA) is 71.0 Å². The number of likely N-dealkylation sites (N-methyl/N-ethyl adjacent to an activating group) is 1. The molecule has 1 aromatic carbocycles. The van der Waals surface area contributed by atoms with Crippen molar-refractivity contribution in [3.8, 4) is 0 Å². The molecular weight excluding hydrogens is 350 g/mol. The van der Waals surface area contributed by atoms with Crippen molar-refractivity contribution < 1.29 is 4.79 Å². The highest BCUT2D eigenvalue weighted by Gasteiger charge is 2.14. The van der Waals surface area contributed by atoms with Crippen molar-refractivity contribution >= 4 is 17.4 Å². The van der Waals surface area contributed by atoms with Gasteiger partial charge in [-0.05, 0) is 60.7 Å². The normalized spacial score (nSPS) is 10.5. The summed E-state index contributed by atoms with van der Waals surface area (Å²) in [5.41, 5.74) is 4.90. The van der Waals surface area contributed by atoms with Gasteiger partial charge in [-0.15, -0.1) is 10.2 Å². The molecule has 0 bridgehead atoms. The molecule has 3 aromatic rings. The zero-order chi connectivity index (χ0) is 19.9.